The Kier molecular flexibility index (Phi) is 3.03. The van der Waals surface area contributed by atoms with Crippen molar-refractivity contribution in [1.29, 1.82) is 0 Å². The van der Waals surface area contributed by atoms with Crippen molar-refractivity contribution >= 4 is 24.0 Å². The number of anilines is 2. The van der Waals surface area contributed by atoms with Crippen LogP contribution in [0.3, 0.4) is 0 Å². The lowest BCUT2D eigenvalue weighted by atomic mass is 10.2. The topological polar surface area (TPSA) is 49.5 Å². The predicted molar refractivity (Wildman–Crippen MR) is 68.1 cm³/mol. The number of hydrazine groups is 1. The lowest BCUT2D eigenvalue weighted by Crippen LogP contribution is -2.25. The number of rotatable bonds is 2. The largest absolute Gasteiger partial charge is 0.506 e. The summed E-state index contributed by atoms with van der Waals surface area (Å²) < 4.78 is 0. The fourth-order valence-electron chi connectivity index (χ4n) is 1.47. The van der Waals surface area contributed by atoms with Crippen LogP contribution >= 0.6 is 12.6 Å². The van der Waals surface area contributed by atoms with Crippen molar-refractivity contribution in [3.63, 3.8) is 0 Å². The number of hydrogen-bond acceptors (Lipinski definition) is 4. The number of para-hydroxylation sites is 3. The summed E-state index contributed by atoms with van der Waals surface area (Å²) in [6, 6.07) is 14.3. The second kappa shape index (κ2) is 4.47. The SMILES string of the molecule is NN(c1ccccc1O)c1ccccc1S. The zero-order valence-electron chi connectivity index (χ0n) is 8.54. The molecule has 0 aliphatic rings. The van der Waals surface area contributed by atoms with E-state index in [-0.39, 0.29) is 5.75 Å². The Labute approximate surface area is 99.5 Å². The fourth-order valence-corrected chi connectivity index (χ4v) is 1.73. The molecule has 0 heterocycles. The molecule has 0 bridgehead atoms. The zero-order chi connectivity index (χ0) is 11.5. The van der Waals surface area contributed by atoms with Crippen molar-refractivity contribution in [3.05, 3.63) is 48.5 Å². The summed E-state index contributed by atoms with van der Waals surface area (Å²) in [6.45, 7) is 0. The summed E-state index contributed by atoms with van der Waals surface area (Å²) in [5, 5.41) is 11.1. The number of thiol groups is 1. The zero-order valence-corrected chi connectivity index (χ0v) is 9.43. The number of phenols is 1. The van der Waals surface area contributed by atoms with Gasteiger partial charge >= 0.3 is 0 Å². The summed E-state index contributed by atoms with van der Waals surface area (Å²) in [7, 11) is 0. The van der Waals surface area contributed by atoms with Gasteiger partial charge in [0.05, 0.1) is 11.4 Å². The maximum Gasteiger partial charge on any atom is 0.140 e. The lowest BCUT2D eigenvalue weighted by molar-refractivity contribution is 0.475. The molecule has 0 saturated carbocycles. The van der Waals surface area contributed by atoms with Crippen LogP contribution in [0.4, 0.5) is 11.4 Å². The van der Waals surface area contributed by atoms with E-state index in [4.69, 9.17) is 5.84 Å². The van der Waals surface area contributed by atoms with Crippen LogP contribution in [-0.4, -0.2) is 5.11 Å². The number of aromatic hydroxyl groups is 1. The van der Waals surface area contributed by atoms with Crippen molar-refractivity contribution in [3.8, 4) is 5.75 Å². The molecule has 0 spiro atoms. The van der Waals surface area contributed by atoms with Crippen molar-refractivity contribution in [2.75, 3.05) is 5.01 Å². The van der Waals surface area contributed by atoms with Crippen LogP contribution in [0.5, 0.6) is 5.75 Å². The lowest BCUT2D eigenvalue weighted by Gasteiger charge is -2.21. The first-order valence-corrected chi connectivity index (χ1v) is 5.25. The molecule has 0 fully saturated rings. The Balaban J connectivity index is 2.44. The summed E-state index contributed by atoms with van der Waals surface area (Å²) in [6.07, 6.45) is 0. The first-order chi connectivity index (χ1) is 7.70. The molecule has 0 aliphatic carbocycles. The van der Waals surface area contributed by atoms with Gasteiger partial charge in [-0.3, -0.25) is 5.01 Å². The highest BCUT2D eigenvalue weighted by Crippen LogP contribution is 2.32. The van der Waals surface area contributed by atoms with Gasteiger partial charge in [0.2, 0.25) is 0 Å². The highest BCUT2D eigenvalue weighted by molar-refractivity contribution is 7.80. The molecule has 3 N–H and O–H groups in total. The third-order valence-corrected chi connectivity index (χ3v) is 2.66. The van der Waals surface area contributed by atoms with Gasteiger partial charge in [0.15, 0.2) is 0 Å². The van der Waals surface area contributed by atoms with E-state index in [0.29, 0.717) is 5.69 Å². The van der Waals surface area contributed by atoms with Crippen LogP contribution in [0.2, 0.25) is 0 Å². The minimum atomic E-state index is 0.140. The summed E-state index contributed by atoms with van der Waals surface area (Å²) in [5.41, 5.74) is 1.29. The molecule has 4 heteroatoms. The van der Waals surface area contributed by atoms with Crippen LogP contribution < -0.4 is 10.9 Å². The minimum absolute atomic E-state index is 0.140. The summed E-state index contributed by atoms with van der Waals surface area (Å²) in [5.74, 6) is 6.08. The molecule has 16 heavy (non-hydrogen) atoms. The third-order valence-electron chi connectivity index (χ3n) is 2.28. The van der Waals surface area contributed by atoms with Crippen LogP contribution in [0, 0.1) is 0 Å². The Bertz CT molecular complexity index is 456. The van der Waals surface area contributed by atoms with Crippen molar-refractivity contribution in [2.45, 2.75) is 4.90 Å². The molecule has 0 aliphatic heterocycles. The quantitative estimate of drug-likeness (QED) is 0.424. The number of nitrogens with two attached hydrogens (primary N) is 1. The van der Waals surface area contributed by atoms with Crippen LogP contribution in [-0.2, 0) is 0 Å². The van der Waals surface area contributed by atoms with E-state index < -0.39 is 0 Å². The van der Waals surface area contributed by atoms with Gasteiger partial charge in [-0.2, -0.15) is 0 Å². The molecular weight excluding hydrogens is 220 g/mol. The van der Waals surface area contributed by atoms with E-state index in [2.05, 4.69) is 12.6 Å². The molecule has 0 atom stereocenters. The molecule has 0 radical (unpaired) electrons. The van der Waals surface area contributed by atoms with E-state index in [9.17, 15) is 5.11 Å². The smallest absolute Gasteiger partial charge is 0.140 e. The van der Waals surface area contributed by atoms with Gasteiger partial charge < -0.3 is 5.11 Å². The second-order valence-electron chi connectivity index (χ2n) is 3.35. The number of hydrogen-bond donors (Lipinski definition) is 3. The molecule has 0 unspecified atom stereocenters. The molecule has 2 aromatic rings. The van der Waals surface area contributed by atoms with Gasteiger partial charge in [-0.05, 0) is 24.3 Å². The van der Waals surface area contributed by atoms with E-state index >= 15 is 0 Å². The Morgan fingerprint density at radius 1 is 0.938 bits per heavy atom. The van der Waals surface area contributed by atoms with E-state index in [1.807, 2.05) is 30.3 Å². The van der Waals surface area contributed by atoms with E-state index in [0.717, 1.165) is 10.6 Å². The number of nitrogens with zero attached hydrogens (tertiary/aromatic N) is 1. The average Bonchev–Trinajstić information content (AvgIpc) is 2.29. The highest BCUT2D eigenvalue weighted by atomic mass is 32.1. The van der Waals surface area contributed by atoms with Gasteiger partial charge in [0.25, 0.3) is 0 Å². The molecular formula is C12H12N2OS. The summed E-state index contributed by atoms with van der Waals surface area (Å²) >= 11 is 4.32. The van der Waals surface area contributed by atoms with Crippen molar-refractivity contribution in [1.82, 2.24) is 0 Å². The molecule has 0 aromatic heterocycles. The predicted octanol–water partition coefficient (Wildman–Crippen LogP) is 2.69. The highest BCUT2D eigenvalue weighted by Gasteiger charge is 2.10. The maximum atomic E-state index is 9.69. The summed E-state index contributed by atoms with van der Waals surface area (Å²) in [4.78, 5) is 0.758. The monoisotopic (exact) mass is 232 g/mol. The van der Waals surface area contributed by atoms with Gasteiger partial charge in [-0.15, -0.1) is 12.6 Å². The third kappa shape index (κ3) is 1.98. The first-order valence-electron chi connectivity index (χ1n) is 4.81. The van der Waals surface area contributed by atoms with Crippen LogP contribution in [0.15, 0.2) is 53.4 Å². The number of benzene rings is 2. The molecule has 82 valence electrons. The normalized spacial score (nSPS) is 10.1. The molecule has 0 amide bonds. The minimum Gasteiger partial charge on any atom is -0.506 e. The van der Waals surface area contributed by atoms with Gasteiger partial charge in [-0.25, -0.2) is 5.84 Å². The first kappa shape index (κ1) is 10.9. The van der Waals surface area contributed by atoms with Gasteiger partial charge in [0, 0.05) is 4.90 Å². The maximum absolute atomic E-state index is 9.69. The van der Waals surface area contributed by atoms with E-state index in [1.54, 1.807) is 18.2 Å². The van der Waals surface area contributed by atoms with E-state index in [1.165, 1.54) is 5.01 Å². The average molecular weight is 232 g/mol. The Morgan fingerprint density at radius 3 is 2.12 bits per heavy atom. The molecule has 3 nitrogen and oxygen atoms in total. The van der Waals surface area contributed by atoms with Crippen LogP contribution in [0.1, 0.15) is 0 Å². The Morgan fingerprint density at radius 2 is 1.50 bits per heavy atom. The molecule has 2 rings (SSSR count). The van der Waals surface area contributed by atoms with Gasteiger partial charge in [-0.1, -0.05) is 24.3 Å². The fraction of sp³-hybridized carbons (Fsp3) is 0. The molecule has 2 aromatic carbocycles. The van der Waals surface area contributed by atoms with Crippen molar-refractivity contribution in [2.24, 2.45) is 5.84 Å². The van der Waals surface area contributed by atoms with Gasteiger partial charge in [0.1, 0.15) is 5.75 Å². The van der Waals surface area contributed by atoms with Crippen LogP contribution in [0.25, 0.3) is 0 Å². The molecule has 0 saturated heterocycles. The second-order valence-corrected chi connectivity index (χ2v) is 3.83. The standard InChI is InChI=1S/C12H12N2OS/c13-14(9-5-1-3-7-11(9)15)10-6-2-4-8-12(10)16/h1-8,15-16H,13H2. The van der Waals surface area contributed by atoms with Crippen molar-refractivity contribution < 1.29 is 5.11 Å². The number of phenolic OH excluding ortho intramolecular Hbond substituents is 1. The Hall–Kier alpha value is -1.65.